The third kappa shape index (κ3) is 2.42. The lowest BCUT2D eigenvalue weighted by molar-refractivity contribution is -0.121. The SMILES string of the molecule is NC(c1ccccn1)C1CCC(=O)CC1. The summed E-state index contributed by atoms with van der Waals surface area (Å²) in [6.07, 6.45) is 4.97. The molecule has 0 bridgehead atoms. The molecule has 1 aliphatic rings. The molecule has 0 aliphatic heterocycles. The lowest BCUT2D eigenvalue weighted by atomic mass is 9.82. The third-order valence-electron chi connectivity index (χ3n) is 3.13. The van der Waals surface area contributed by atoms with Gasteiger partial charge in [-0.05, 0) is 30.9 Å². The number of ketones is 1. The fourth-order valence-corrected chi connectivity index (χ4v) is 2.14. The largest absolute Gasteiger partial charge is 0.322 e. The number of hydrogen-bond acceptors (Lipinski definition) is 3. The molecule has 1 atom stereocenters. The fourth-order valence-electron chi connectivity index (χ4n) is 2.14. The normalized spacial score (nSPS) is 20.2. The summed E-state index contributed by atoms with van der Waals surface area (Å²) in [7, 11) is 0. The number of Topliss-reactive ketones (excluding diaryl/α,β-unsaturated/α-hetero) is 1. The van der Waals surface area contributed by atoms with Crippen molar-refractivity contribution in [3.63, 3.8) is 0 Å². The van der Waals surface area contributed by atoms with Gasteiger partial charge in [0, 0.05) is 25.1 Å². The third-order valence-corrected chi connectivity index (χ3v) is 3.13. The molecule has 0 spiro atoms. The molecule has 0 amide bonds. The van der Waals surface area contributed by atoms with E-state index in [-0.39, 0.29) is 6.04 Å². The van der Waals surface area contributed by atoms with E-state index in [2.05, 4.69) is 4.98 Å². The van der Waals surface area contributed by atoms with Crippen molar-refractivity contribution in [3.05, 3.63) is 30.1 Å². The first-order valence-corrected chi connectivity index (χ1v) is 5.45. The highest BCUT2D eigenvalue weighted by atomic mass is 16.1. The Labute approximate surface area is 89.7 Å². The molecule has 2 rings (SSSR count). The molecule has 1 fully saturated rings. The van der Waals surface area contributed by atoms with Crippen LogP contribution in [0, 0.1) is 5.92 Å². The Balaban J connectivity index is 2.02. The van der Waals surface area contributed by atoms with Crippen LogP contribution in [0.25, 0.3) is 0 Å². The van der Waals surface area contributed by atoms with E-state index in [1.165, 1.54) is 0 Å². The van der Waals surface area contributed by atoms with E-state index in [1.807, 2.05) is 18.2 Å². The van der Waals surface area contributed by atoms with Crippen molar-refractivity contribution in [1.29, 1.82) is 0 Å². The molecule has 1 saturated carbocycles. The zero-order valence-electron chi connectivity index (χ0n) is 8.73. The molecular weight excluding hydrogens is 188 g/mol. The first kappa shape index (κ1) is 10.3. The maximum absolute atomic E-state index is 11.1. The van der Waals surface area contributed by atoms with Crippen LogP contribution in [0.2, 0.25) is 0 Å². The quantitative estimate of drug-likeness (QED) is 0.799. The molecule has 1 aromatic heterocycles. The summed E-state index contributed by atoms with van der Waals surface area (Å²) in [5.74, 6) is 0.789. The number of rotatable bonds is 2. The number of hydrogen-bond donors (Lipinski definition) is 1. The van der Waals surface area contributed by atoms with Gasteiger partial charge >= 0.3 is 0 Å². The Hall–Kier alpha value is -1.22. The summed E-state index contributed by atoms with van der Waals surface area (Å²) in [5, 5.41) is 0. The molecule has 1 unspecified atom stereocenters. The lowest BCUT2D eigenvalue weighted by Crippen LogP contribution is -2.26. The van der Waals surface area contributed by atoms with E-state index in [9.17, 15) is 4.79 Å². The van der Waals surface area contributed by atoms with Crippen LogP contribution in [-0.4, -0.2) is 10.8 Å². The average Bonchev–Trinajstić information content (AvgIpc) is 2.30. The van der Waals surface area contributed by atoms with Crippen LogP contribution in [-0.2, 0) is 4.79 Å². The first-order chi connectivity index (χ1) is 7.27. The van der Waals surface area contributed by atoms with Gasteiger partial charge in [0.1, 0.15) is 5.78 Å². The molecule has 3 nitrogen and oxygen atoms in total. The average molecular weight is 204 g/mol. The van der Waals surface area contributed by atoms with E-state index >= 15 is 0 Å². The maximum atomic E-state index is 11.1. The van der Waals surface area contributed by atoms with Crippen LogP contribution in [0.3, 0.4) is 0 Å². The maximum Gasteiger partial charge on any atom is 0.132 e. The van der Waals surface area contributed by atoms with Gasteiger partial charge in [0.2, 0.25) is 0 Å². The van der Waals surface area contributed by atoms with Gasteiger partial charge in [-0.2, -0.15) is 0 Å². The van der Waals surface area contributed by atoms with Crippen LogP contribution in [0.15, 0.2) is 24.4 Å². The number of nitrogens with two attached hydrogens (primary N) is 1. The second-order valence-electron chi connectivity index (χ2n) is 4.16. The second kappa shape index (κ2) is 4.53. The fraction of sp³-hybridized carbons (Fsp3) is 0.500. The van der Waals surface area contributed by atoms with Crippen LogP contribution >= 0.6 is 0 Å². The van der Waals surface area contributed by atoms with Gasteiger partial charge in [-0.3, -0.25) is 9.78 Å². The van der Waals surface area contributed by atoms with Gasteiger partial charge in [-0.15, -0.1) is 0 Å². The van der Waals surface area contributed by atoms with Gasteiger partial charge in [-0.25, -0.2) is 0 Å². The smallest absolute Gasteiger partial charge is 0.132 e. The lowest BCUT2D eigenvalue weighted by Gasteiger charge is -2.26. The van der Waals surface area contributed by atoms with Crippen molar-refractivity contribution >= 4 is 5.78 Å². The minimum Gasteiger partial charge on any atom is -0.322 e. The Bertz CT molecular complexity index is 327. The van der Waals surface area contributed by atoms with E-state index in [0.717, 1.165) is 18.5 Å². The van der Waals surface area contributed by atoms with E-state index in [0.29, 0.717) is 24.5 Å². The van der Waals surface area contributed by atoms with Crippen molar-refractivity contribution in [2.24, 2.45) is 11.7 Å². The van der Waals surface area contributed by atoms with Gasteiger partial charge < -0.3 is 5.73 Å². The summed E-state index contributed by atoms with van der Waals surface area (Å²) < 4.78 is 0. The highest BCUT2D eigenvalue weighted by molar-refractivity contribution is 5.79. The van der Waals surface area contributed by atoms with Crippen molar-refractivity contribution in [1.82, 2.24) is 4.98 Å². The minimum absolute atomic E-state index is 0.0145. The van der Waals surface area contributed by atoms with Crippen molar-refractivity contribution < 1.29 is 4.79 Å². The summed E-state index contributed by atoms with van der Waals surface area (Å²) in [6, 6.07) is 5.79. The summed E-state index contributed by atoms with van der Waals surface area (Å²) in [5.41, 5.74) is 7.08. The van der Waals surface area contributed by atoms with Gasteiger partial charge in [0.25, 0.3) is 0 Å². The van der Waals surface area contributed by atoms with Crippen molar-refractivity contribution in [2.75, 3.05) is 0 Å². The molecular formula is C12H16N2O. The standard InChI is InChI=1S/C12H16N2O/c13-12(11-3-1-2-8-14-11)9-4-6-10(15)7-5-9/h1-3,8-9,12H,4-7,13H2. The van der Waals surface area contributed by atoms with E-state index < -0.39 is 0 Å². The molecule has 1 aliphatic carbocycles. The molecule has 2 N–H and O–H groups in total. The van der Waals surface area contributed by atoms with Crippen molar-refractivity contribution in [2.45, 2.75) is 31.7 Å². The molecule has 15 heavy (non-hydrogen) atoms. The number of nitrogens with zero attached hydrogens (tertiary/aromatic N) is 1. The summed E-state index contributed by atoms with van der Waals surface area (Å²) in [4.78, 5) is 15.4. The highest BCUT2D eigenvalue weighted by Crippen LogP contribution is 2.30. The number of carbonyl (C=O) groups is 1. The molecule has 1 heterocycles. The zero-order valence-corrected chi connectivity index (χ0v) is 8.73. The topological polar surface area (TPSA) is 56.0 Å². The first-order valence-electron chi connectivity index (χ1n) is 5.45. The number of aromatic nitrogens is 1. The zero-order chi connectivity index (χ0) is 10.7. The summed E-state index contributed by atoms with van der Waals surface area (Å²) in [6.45, 7) is 0. The summed E-state index contributed by atoms with van der Waals surface area (Å²) >= 11 is 0. The Morgan fingerprint density at radius 3 is 2.67 bits per heavy atom. The predicted octanol–water partition coefficient (Wildman–Crippen LogP) is 1.84. The minimum atomic E-state index is -0.0145. The van der Waals surface area contributed by atoms with Crippen LogP contribution in [0.4, 0.5) is 0 Å². The van der Waals surface area contributed by atoms with E-state index in [1.54, 1.807) is 6.20 Å². The Kier molecular flexibility index (Phi) is 3.11. The van der Waals surface area contributed by atoms with Crippen LogP contribution in [0.1, 0.15) is 37.4 Å². The van der Waals surface area contributed by atoms with Crippen molar-refractivity contribution in [3.8, 4) is 0 Å². The predicted molar refractivity (Wildman–Crippen MR) is 58.1 cm³/mol. The van der Waals surface area contributed by atoms with Crippen LogP contribution in [0.5, 0.6) is 0 Å². The van der Waals surface area contributed by atoms with Gasteiger partial charge in [0.05, 0.1) is 5.69 Å². The van der Waals surface area contributed by atoms with Gasteiger partial charge in [-0.1, -0.05) is 6.07 Å². The Morgan fingerprint density at radius 1 is 1.33 bits per heavy atom. The molecule has 0 saturated heterocycles. The second-order valence-corrected chi connectivity index (χ2v) is 4.16. The number of pyridine rings is 1. The highest BCUT2D eigenvalue weighted by Gasteiger charge is 2.25. The molecule has 1 aromatic rings. The molecule has 0 radical (unpaired) electrons. The molecule has 80 valence electrons. The molecule has 0 aromatic carbocycles. The Morgan fingerprint density at radius 2 is 2.07 bits per heavy atom. The van der Waals surface area contributed by atoms with Crippen LogP contribution < -0.4 is 5.73 Å². The monoisotopic (exact) mass is 204 g/mol. The van der Waals surface area contributed by atoms with Gasteiger partial charge in [0.15, 0.2) is 0 Å². The number of carbonyl (C=O) groups excluding carboxylic acids is 1. The molecule has 3 heteroatoms. The van der Waals surface area contributed by atoms with E-state index in [4.69, 9.17) is 5.73 Å².